The van der Waals surface area contributed by atoms with Gasteiger partial charge >= 0.3 is 22.5 Å². The zero-order valence-corrected chi connectivity index (χ0v) is 21.7. The molecule has 210 valence electrons. The summed E-state index contributed by atoms with van der Waals surface area (Å²) in [6, 6.07) is 14.3. The molecule has 0 saturated carbocycles. The Morgan fingerprint density at radius 2 is 1.30 bits per heavy atom. The molecule has 1 aromatic heterocycles. The van der Waals surface area contributed by atoms with Crippen molar-refractivity contribution in [3.63, 3.8) is 0 Å². The number of hydrogen-bond donors (Lipinski definition) is 0. The fourth-order valence-electron chi connectivity index (χ4n) is 3.54. The van der Waals surface area contributed by atoms with E-state index in [-0.39, 0.29) is 27.7 Å². The van der Waals surface area contributed by atoms with Crippen LogP contribution in [0.15, 0.2) is 88.7 Å². The molecule has 40 heavy (non-hydrogen) atoms. The highest BCUT2D eigenvalue weighted by Gasteiger charge is 2.38. The van der Waals surface area contributed by atoms with Crippen molar-refractivity contribution in [2.45, 2.75) is 22.1 Å². The van der Waals surface area contributed by atoms with Crippen molar-refractivity contribution >= 4 is 20.0 Å². The van der Waals surface area contributed by atoms with E-state index >= 15 is 0 Å². The van der Waals surface area contributed by atoms with Gasteiger partial charge in [-0.05, 0) is 35.9 Å². The Morgan fingerprint density at radius 3 is 1.85 bits per heavy atom. The van der Waals surface area contributed by atoms with Crippen LogP contribution in [-0.2, 0) is 32.3 Å². The maximum absolute atomic E-state index is 13.8. The van der Waals surface area contributed by atoms with Crippen LogP contribution in [0, 0.1) is 0 Å². The number of aromatic nitrogens is 2. The molecule has 0 atom stereocenters. The largest absolute Gasteiger partial charge is 0.451 e. The van der Waals surface area contributed by atoms with Crippen molar-refractivity contribution in [1.29, 1.82) is 0 Å². The summed E-state index contributed by atoms with van der Waals surface area (Å²) in [5.41, 5.74) is -2.09. The van der Waals surface area contributed by atoms with E-state index < -0.39 is 60.2 Å². The lowest BCUT2D eigenvalue weighted by atomic mass is 10.00. The zero-order chi connectivity index (χ0) is 29.5. The number of hydrogen-bond acceptors (Lipinski definition) is 7. The van der Waals surface area contributed by atoms with Gasteiger partial charge in [0.15, 0.2) is 9.84 Å². The second-order valence-electron chi connectivity index (χ2n) is 8.30. The molecule has 4 aromatic rings. The summed E-state index contributed by atoms with van der Waals surface area (Å²) in [4.78, 5) is 5.75. The first kappa shape index (κ1) is 29.0. The van der Waals surface area contributed by atoms with Crippen molar-refractivity contribution in [2.75, 3.05) is 6.26 Å². The summed E-state index contributed by atoms with van der Waals surface area (Å²) in [6.07, 6.45) is -9.19. The highest BCUT2D eigenvalue weighted by atomic mass is 32.2. The average molecular weight is 603 g/mol. The molecule has 3 aromatic carbocycles. The number of rotatable bonds is 6. The Kier molecular flexibility index (Phi) is 7.40. The SMILES string of the molecule is CS(=O)(=O)c1ccc(-c2nc(C(F)(F)F)nc(OS(=O)(=O)c3cccc(C(F)(F)F)c3)c2-c2ccccc2)cc1. The molecule has 0 saturated heterocycles. The van der Waals surface area contributed by atoms with Crippen LogP contribution < -0.4 is 4.18 Å². The van der Waals surface area contributed by atoms with E-state index in [0.717, 1.165) is 42.7 Å². The van der Waals surface area contributed by atoms with Crippen LogP contribution in [0.4, 0.5) is 26.3 Å². The van der Waals surface area contributed by atoms with Gasteiger partial charge in [0.05, 0.1) is 21.7 Å². The van der Waals surface area contributed by atoms with Crippen LogP contribution in [0.25, 0.3) is 22.4 Å². The van der Waals surface area contributed by atoms with Crippen LogP contribution in [0.2, 0.25) is 0 Å². The first-order valence-corrected chi connectivity index (χ1v) is 14.2. The van der Waals surface area contributed by atoms with Gasteiger partial charge in [0.1, 0.15) is 4.90 Å². The van der Waals surface area contributed by atoms with Crippen LogP contribution in [0.3, 0.4) is 0 Å². The monoisotopic (exact) mass is 602 g/mol. The predicted molar refractivity (Wildman–Crippen MR) is 130 cm³/mol. The minimum Gasteiger partial charge on any atom is -0.357 e. The smallest absolute Gasteiger partial charge is 0.357 e. The molecule has 0 aliphatic carbocycles. The third kappa shape index (κ3) is 6.25. The molecule has 0 radical (unpaired) electrons. The third-order valence-electron chi connectivity index (χ3n) is 5.39. The molecule has 1 heterocycles. The lowest BCUT2D eigenvalue weighted by molar-refractivity contribution is -0.145. The maximum Gasteiger partial charge on any atom is 0.451 e. The number of benzene rings is 3. The zero-order valence-electron chi connectivity index (χ0n) is 20.0. The molecule has 0 aliphatic heterocycles. The summed E-state index contributed by atoms with van der Waals surface area (Å²) in [5.74, 6) is -2.91. The maximum atomic E-state index is 13.8. The normalized spacial score (nSPS) is 12.8. The molecule has 4 rings (SSSR count). The van der Waals surface area contributed by atoms with Gasteiger partial charge in [0.25, 0.3) is 0 Å². The van der Waals surface area contributed by atoms with E-state index in [4.69, 9.17) is 4.18 Å². The van der Waals surface area contributed by atoms with Crippen molar-refractivity contribution in [3.05, 3.63) is 90.3 Å². The second-order valence-corrected chi connectivity index (χ2v) is 11.9. The second kappa shape index (κ2) is 10.2. The highest BCUT2D eigenvalue weighted by molar-refractivity contribution is 7.90. The highest BCUT2D eigenvalue weighted by Crippen LogP contribution is 2.41. The average Bonchev–Trinajstić information content (AvgIpc) is 2.87. The summed E-state index contributed by atoms with van der Waals surface area (Å²) in [7, 11) is -8.82. The summed E-state index contributed by atoms with van der Waals surface area (Å²) in [6.45, 7) is 0. The first-order valence-electron chi connectivity index (χ1n) is 10.9. The summed E-state index contributed by atoms with van der Waals surface area (Å²) in [5, 5.41) is 0. The van der Waals surface area contributed by atoms with E-state index in [1.165, 1.54) is 24.3 Å². The molecule has 0 aliphatic rings. The molecule has 0 unspecified atom stereocenters. The van der Waals surface area contributed by atoms with Crippen molar-refractivity contribution < 1.29 is 47.4 Å². The molecular formula is C25H16F6N2O5S2. The number of sulfone groups is 1. The lowest BCUT2D eigenvalue weighted by Gasteiger charge is -2.17. The van der Waals surface area contributed by atoms with Gasteiger partial charge in [-0.3, -0.25) is 0 Å². The summed E-state index contributed by atoms with van der Waals surface area (Å²) < 4.78 is 136. The first-order chi connectivity index (χ1) is 18.5. The van der Waals surface area contributed by atoms with Gasteiger partial charge in [0, 0.05) is 11.8 Å². The van der Waals surface area contributed by atoms with Crippen molar-refractivity contribution in [2.24, 2.45) is 0 Å². The molecule has 7 nitrogen and oxygen atoms in total. The summed E-state index contributed by atoms with van der Waals surface area (Å²) >= 11 is 0. The molecule has 0 bridgehead atoms. The van der Waals surface area contributed by atoms with Crippen LogP contribution in [0.5, 0.6) is 5.88 Å². The molecule has 0 fully saturated rings. The van der Waals surface area contributed by atoms with E-state index in [9.17, 15) is 43.2 Å². The number of nitrogens with zero attached hydrogens (tertiary/aromatic N) is 2. The fraction of sp³-hybridized carbons (Fsp3) is 0.120. The van der Waals surface area contributed by atoms with Crippen LogP contribution in [-0.4, -0.2) is 33.1 Å². The van der Waals surface area contributed by atoms with Gasteiger partial charge in [-0.2, -0.15) is 39.7 Å². The predicted octanol–water partition coefficient (Wildman–Crippen LogP) is 6.02. The van der Waals surface area contributed by atoms with Gasteiger partial charge in [-0.15, -0.1) is 0 Å². The van der Waals surface area contributed by atoms with E-state index in [1.54, 1.807) is 6.07 Å². The lowest BCUT2D eigenvalue weighted by Crippen LogP contribution is -2.17. The molecular weight excluding hydrogens is 586 g/mol. The molecule has 15 heteroatoms. The Bertz CT molecular complexity index is 1770. The van der Waals surface area contributed by atoms with Crippen LogP contribution in [0.1, 0.15) is 11.4 Å². The number of halogens is 6. The Morgan fingerprint density at radius 1 is 0.675 bits per heavy atom. The number of alkyl halides is 6. The minimum absolute atomic E-state index is 0.0551. The van der Waals surface area contributed by atoms with Gasteiger partial charge in [-0.25, -0.2) is 13.4 Å². The topological polar surface area (TPSA) is 103 Å². The molecule has 0 amide bonds. The van der Waals surface area contributed by atoms with Gasteiger partial charge in [-0.1, -0.05) is 48.5 Å². The molecule has 0 N–H and O–H groups in total. The Hall–Kier alpha value is -3.98. The minimum atomic E-state index is -5.20. The third-order valence-corrected chi connectivity index (χ3v) is 7.72. The Labute approximate surface area is 224 Å². The quantitative estimate of drug-likeness (QED) is 0.196. The van der Waals surface area contributed by atoms with Crippen LogP contribution >= 0.6 is 0 Å². The molecule has 0 spiro atoms. The standard InChI is InChI=1S/C25H16F6N2O5S2/c1-39(34,35)18-12-10-16(11-13-18)21-20(15-6-3-2-4-7-15)22(33-23(32-21)25(29,30)31)38-40(36,37)19-9-5-8-17(14-19)24(26,27)28/h2-14H,1H3. The van der Waals surface area contributed by atoms with Crippen molar-refractivity contribution in [1.82, 2.24) is 9.97 Å². The fourth-order valence-corrected chi connectivity index (χ4v) is 5.11. The van der Waals surface area contributed by atoms with Gasteiger partial charge in [0.2, 0.25) is 11.7 Å². The van der Waals surface area contributed by atoms with E-state index in [2.05, 4.69) is 9.97 Å². The van der Waals surface area contributed by atoms with Crippen molar-refractivity contribution in [3.8, 4) is 28.3 Å². The van der Waals surface area contributed by atoms with E-state index in [1.807, 2.05) is 0 Å². The van der Waals surface area contributed by atoms with E-state index in [0.29, 0.717) is 6.07 Å². The van der Waals surface area contributed by atoms with Gasteiger partial charge < -0.3 is 4.18 Å². The Balaban J connectivity index is 1.99.